The molecule has 1 aromatic carbocycles. The lowest BCUT2D eigenvalue weighted by molar-refractivity contribution is -0.162. The first kappa shape index (κ1) is 31.7. The standard InChI is InChI=1S/C26H30BrN3O9.BrH/c1-8-9-6-7-10(29-24(38)25(2,3)27)17(31)12(9)18(32)13-11(8)19(33)15-16(30(4)5)20(34)14(23(28)37)22(36)26(15,39)21(13)35;/h6-8,11,15-16,19,31,33-35,39H,1-5H3,(H2,28,37)(H,29,38);1H/t8?,11?,15?,16-,19?,26-;/m0./s1. The number of nitrogens with two attached hydrogens (primary N) is 1. The smallest absolute Gasteiger partial charge is 0.255 e. The first-order chi connectivity index (χ1) is 17.9. The number of hydrogen-bond acceptors (Lipinski definition) is 10. The number of nitrogens with zero attached hydrogens (tertiary/aromatic N) is 1. The first-order valence-electron chi connectivity index (χ1n) is 12.1. The highest BCUT2D eigenvalue weighted by atomic mass is 79.9. The molecule has 1 aromatic rings. The summed E-state index contributed by atoms with van der Waals surface area (Å²) >= 11 is 3.21. The molecule has 6 atom stereocenters. The largest absolute Gasteiger partial charge is 0.510 e. The van der Waals surface area contributed by atoms with Crippen LogP contribution in [0.15, 0.2) is 34.8 Å². The van der Waals surface area contributed by atoms with Crippen LogP contribution >= 0.6 is 32.9 Å². The van der Waals surface area contributed by atoms with Crippen LogP contribution in [0.4, 0.5) is 5.69 Å². The highest BCUT2D eigenvalue weighted by Gasteiger charge is 2.67. The molecular formula is C26H31Br2N3O9. The minimum Gasteiger partial charge on any atom is -0.510 e. The number of carbonyl (C=O) groups excluding carboxylic acids is 4. The van der Waals surface area contributed by atoms with Gasteiger partial charge in [0.1, 0.15) is 17.1 Å². The minimum absolute atomic E-state index is 0. The third-order valence-corrected chi connectivity index (χ3v) is 8.28. The monoisotopic (exact) mass is 687 g/mol. The number of phenols is 1. The maximum Gasteiger partial charge on any atom is 0.255 e. The van der Waals surface area contributed by atoms with Crippen molar-refractivity contribution in [1.29, 1.82) is 0 Å². The van der Waals surface area contributed by atoms with E-state index in [1.54, 1.807) is 20.8 Å². The van der Waals surface area contributed by atoms with E-state index in [4.69, 9.17) is 5.73 Å². The number of halogens is 2. The van der Waals surface area contributed by atoms with Crippen molar-refractivity contribution in [3.8, 4) is 5.75 Å². The molecule has 8 N–H and O–H groups in total. The zero-order valence-electron chi connectivity index (χ0n) is 22.2. The lowest BCUT2D eigenvalue weighted by Crippen LogP contribution is -2.68. The fraction of sp³-hybridized carbons (Fsp3) is 0.462. The third-order valence-electron chi connectivity index (χ3n) is 7.92. The van der Waals surface area contributed by atoms with E-state index >= 15 is 0 Å². The van der Waals surface area contributed by atoms with Crippen LogP contribution in [0, 0.1) is 11.8 Å². The summed E-state index contributed by atoms with van der Waals surface area (Å²) in [4.78, 5) is 53.2. The van der Waals surface area contributed by atoms with Gasteiger partial charge in [0, 0.05) is 11.5 Å². The number of phenolic OH excluding ortho intramolecular Hbond substituents is 1. The second-order valence-electron chi connectivity index (χ2n) is 10.9. The molecule has 0 saturated heterocycles. The highest BCUT2D eigenvalue weighted by molar-refractivity contribution is 9.10. The van der Waals surface area contributed by atoms with Crippen molar-refractivity contribution >= 4 is 62.0 Å². The van der Waals surface area contributed by atoms with Gasteiger partial charge in [0.05, 0.1) is 33.6 Å². The molecule has 218 valence electrons. The van der Waals surface area contributed by atoms with Crippen molar-refractivity contribution in [1.82, 2.24) is 4.90 Å². The number of aromatic hydroxyl groups is 1. The van der Waals surface area contributed by atoms with Gasteiger partial charge in [0.2, 0.25) is 11.7 Å². The molecule has 0 heterocycles. The van der Waals surface area contributed by atoms with Crippen LogP contribution in [0.1, 0.15) is 42.6 Å². The van der Waals surface area contributed by atoms with Crippen molar-refractivity contribution in [2.75, 3.05) is 19.4 Å². The Bertz CT molecular complexity index is 1400. The molecule has 14 heteroatoms. The number of aliphatic hydroxyl groups excluding tert-OH is 3. The summed E-state index contributed by atoms with van der Waals surface area (Å²) in [5.74, 6) is -10.3. The molecule has 2 amide bonds. The number of ketones is 2. The number of hydrogen-bond donors (Lipinski definition) is 7. The van der Waals surface area contributed by atoms with E-state index in [0.717, 1.165) is 0 Å². The molecule has 0 spiro atoms. The van der Waals surface area contributed by atoms with E-state index in [1.807, 2.05) is 0 Å². The van der Waals surface area contributed by atoms with Gasteiger partial charge in [0.15, 0.2) is 17.1 Å². The average molecular weight is 689 g/mol. The number of fused-ring (bicyclic) bond motifs is 3. The van der Waals surface area contributed by atoms with Crippen molar-refractivity contribution in [2.24, 2.45) is 17.6 Å². The number of amides is 2. The Morgan fingerprint density at radius 1 is 1.15 bits per heavy atom. The molecule has 0 bridgehead atoms. The molecule has 4 unspecified atom stereocenters. The SMILES string of the molecule is Br.CC1c2ccc(NC(=O)C(C)(C)Br)c(O)c2C(=O)C2=C(O)[C@]3(O)C(=O)C(C(N)=O)=C(O)[C@@H](N(C)C)C3C(O)C21. The fourth-order valence-electron chi connectivity index (χ4n) is 5.99. The van der Waals surface area contributed by atoms with E-state index in [9.17, 15) is 44.7 Å². The lowest BCUT2D eigenvalue weighted by atomic mass is 9.55. The van der Waals surface area contributed by atoms with Gasteiger partial charge in [-0.05, 0) is 45.5 Å². The summed E-state index contributed by atoms with van der Waals surface area (Å²) in [6.45, 7) is 4.78. The van der Waals surface area contributed by atoms with Crippen LogP contribution in [0.2, 0.25) is 0 Å². The number of anilines is 1. The molecule has 4 rings (SSSR count). The van der Waals surface area contributed by atoms with Gasteiger partial charge in [-0.2, -0.15) is 0 Å². The number of aliphatic hydroxyl groups is 4. The van der Waals surface area contributed by atoms with Gasteiger partial charge in [-0.3, -0.25) is 24.1 Å². The van der Waals surface area contributed by atoms with Crippen molar-refractivity contribution < 1.29 is 44.7 Å². The minimum atomic E-state index is -2.99. The summed E-state index contributed by atoms with van der Waals surface area (Å²) in [6.07, 6.45) is -1.68. The molecule has 3 aliphatic rings. The van der Waals surface area contributed by atoms with Gasteiger partial charge in [-0.1, -0.05) is 28.9 Å². The first-order valence-corrected chi connectivity index (χ1v) is 12.9. The molecule has 0 aromatic heterocycles. The number of primary amides is 1. The van der Waals surface area contributed by atoms with Crippen molar-refractivity contribution in [3.05, 3.63) is 45.9 Å². The number of nitrogens with one attached hydrogen (secondary N) is 1. The number of rotatable bonds is 4. The molecule has 3 aliphatic carbocycles. The highest BCUT2D eigenvalue weighted by Crippen LogP contribution is 2.56. The lowest BCUT2D eigenvalue weighted by Gasteiger charge is -2.53. The van der Waals surface area contributed by atoms with Crippen LogP contribution in [0.3, 0.4) is 0 Å². The number of carbonyl (C=O) groups is 4. The molecule has 0 radical (unpaired) electrons. The Morgan fingerprint density at radius 2 is 1.73 bits per heavy atom. The Morgan fingerprint density at radius 3 is 2.23 bits per heavy atom. The second kappa shape index (κ2) is 10.2. The van der Waals surface area contributed by atoms with Crippen LogP contribution in [-0.4, -0.2) is 90.0 Å². The maximum absolute atomic E-state index is 13.8. The van der Waals surface area contributed by atoms with E-state index in [2.05, 4.69) is 21.2 Å². The van der Waals surface area contributed by atoms with Crippen LogP contribution in [0.25, 0.3) is 0 Å². The van der Waals surface area contributed by atoms with Gasteiger partial charge >= 0.3 is 0 Å². The number of benzene rings is 1. The van der Waals surface area contributed by atoms with E-state index in [-0.39, 0.29) is 28.2 Å². The number of likely N-dealkylation sites (N-methyl/N-ethyl adjacent to an activating group) is 1. The van der Waals surface area contributed by atoms with Crippen molar-refractivity contribution in [2.45, 2.75) is 48.8 Å². The fourth-order valence-corrected chi connectivity index (χ4v) is 6.09. The number of Topliss-reactive ketones (excluding diaryl/α,β-unsaturated/α-hetero) is 2. The molecule has 0 aliphatic heterocycles. The van der Waals surface area contributed by atoms with Crippen LogP contribution < -0.4 is 11.1 Å². The maximum atomic E-state index is 13.8. The average Bonchev–Trinajstić information content (AvgIpc) is 2.81. The summed E-state index contributed by atoms with van der Waals surface area (Å²) in [5, 5.41) is 59.1. The quantitative estimate of drug-likeness (QED) is 0.137. The van der Waals surface area contributed by atoms with E-state index in [1.165, 1.54) is 31.1 Å². The van der Waals surface area contributed by atoms with E-state index in [0.29, 0.717) is 5.56 Å². The zero-order valence-corrected chi connectivity index (χ0v) is 25.5. The van der Waals surface area contributed by atoms with Gasteiger partial charge in [-0.25, -0.2) is 0 Å². The zero-order chi connectivity index (χ0) is 29.5. The van der Waals surface area contributed by atoms with Crippen LogP contribution in [0.5, 0.6) is 5.75 Å². The Hall–Kier alpha value is -2.78. The molecule has 0 saturated carbocycles. The molecule has 0 fully saturated rings. The summed E-state index contributed by atoms with van der Waals surface area (Å²) < 4.78 is -1.01. The Balaban J connectivity index is 0.00000441. The topological polar surface area (TPSA) is 211 Å². The van der Waals surface area contributed by atoms with Crippen LogP contribution in [-0.2, 0) is 14.4 Å². The van der Waals surface area contributed by atoms with Gasteiger partial charge < -0.3 is 36.6 Å². The van der Waals surface area contributed by atoms with Gasteiger partial charge in [-0.15, -0.1) is 17.0 Å². The number of alkyl halides is 1. The van der Waals surface area contributed by atoms with Gasteiger partial charge in [0.25, 0.3) is 5.91 Å². The molecular weight excluding hydrogens is 658 g/mol. The Kier molecular flexibility index (Phi) is 8.13. The normalized spacial score (nSPS) is 29.9. The predicted molar refractivity (Wildman–Crippen MR) is 152 cm³/mol. The molecule has 12 nitrogen and oxygen atoms in total. The van der Waals surface area contributed by atoms with Crippen molar-refractivity contribution in [3.63, 3.8) is 0 Å². The third kappa shape index (κ3) is 4.28. The summed E-state index contributed by atoms with van der Waals surface area (Å²) in [7, 11) is 2.93. The second-order valence-corrected chi connectivity index (χ2v) is 12.9. The predicted octanol–water partition coefficient (Wildman–Crippen LogP) is 1.34. The Labute approximate surface area is 248 Å². The van der Waals surface area contributed by atoms with E-state index < -0.39 is 91.6 Å². The molecule has 40 heavy (non-hydrogen) atoms. The summed E-state index contributed by atoms with van der Waals surface area (Å²) in [5.41, 5.74) is 0.733. The summed E-state index contributed by atoms with van der Waals surface area (Å²) in [6, 6.07) is 1.56.